The van der Waals surface area contributed by atoms with Crippen LogP contribution in [0.4, 0.5) is 0 Å². The van der Waals surface area contributed by atoms with Crippen LogP contribution in [0.3, 0.4) is 0 Å². The standard InChI is InChI=1S/C14H19N3O2S/c15-13(18)11-5-3-7-17(11)8-9-19-12-6-2-1-4-10(12)14(16)20/h1-2,4,6,11H,3,5,7-9H2,(H2,15,18)(H2,16,20). The first-order valence-electron chi connectivity index (χ1n) is 6.64. The lowest BCUT2D eigenvalue weighted by atomic mass is 10.2. The molecule has 1 aliphatic heterocycles. The van der Waals surface area contributed by atoms with Gasteiger partial charge in [-0.15, -0.1) is 0 Å². The molecule has 1 unspecified atom stereocenters. The molecule has 20 heavy (non-hydrogen) atoms. The van der Waals surface area contributed by atoms with Gasteiger partial charge in [0.2, 0.25) is 5.91 Å². The molecule has 4 N–H and O–H groups in total. The number of ether oxygens (including phenoxy) is 1. The highest BCUT2D eigenvalue weighted by molar-refractivity contribution is 7.80. The summed E-state index contributed by atoms with van der Waals surface area (Å²) in [6, 6.07) is 7.25. The fraction of sp³-hybridized carbons (Fsp3) is 0.429. The number of para-hydroxylation sites is 1. The molecule has 1 aromatic carbocycles. The summed E-state index contributed by atoms with van der Waals surface area (Å²) in [5.74, 6) is 0.417. The maximum absolute atomic E-state index is 11.3. The predicted octanol–water partition coefficient (Wildman–Crippen LogP) is 0.649. The Morgan fingerprint density at radius 2 is 2.15 bits per heavy atom. The lowest BCUT2D eigenvalue weighted by molar-refractivity contribution is -0.122. The fourth-order valence-corrected chi connectivity index (χ4v) is 2.65. The summed E-state index contributed by atoms with van der Waals surface area (Å²) in [5.41, 5.74) is 11.8. The van der Waals surface area contributed by atoms with Gasteiger partial charge in [-0.05, 0) is 31.5 Å². The minimum atomic E-state index is -0.258. The Labute approximate surface area is 123 Å². The molecule has 0 saturated carbocycles. The second-order valence-electron chi connectivity index (χ2n) is 4.81. The molecule has 108 valence electrons. The third-order valence-electron chi connectivity index (χ3n) is 3.48. The van der Waals surface area contributed by atoms with Crippen LogP contribution in [0.2, 0.25) is 0 Å². The van der Waals surface area contributed by atoms with Crippen molar-refractivity contribution in [2.45, 2.75) is 18.9 Å². The van der Waals surface area contributed by atoms with Crippen molar-refractivity contribution in [1.82, 2.24) is 4.90 Å². The van der Waals surface area contributed by atoms with Crippen LogP contribution in [0, 0.1) is 0 Å². The summed E-state index contributed by atoms with van der Waals surface area (Å²) in [6.45, 7) is 2.02. The highest BCUT2D eigenvalue weighted by Crippen LogP contribution is 2.19. The number of benzene rings is 1. The number of likely N-dealkylation sites (tertiary alicyclic amines) is 1. The van der Waals surface area contributed by atoms with Crippen molar-refractivity contribution in [3.8, 4) is 5.75 Å². The summed E-state index contributed by atoms with van der Waals surface area (Å²) in [6.07, 6.45) is 1.83. The molecule has 5 nitrogen and oxygen atoms in total. The van der Waals surface area contributed by atoms with E-state index in [2.05, 4.69) is 4.90 Å². The Balaban J connectivity index is 1.90. The smallest absolute Gasteiger partial charge is 0.234 e. The zero-order valence-corrected chi connectivity index (χ0v) is 12.1. The zero-order valence-electron chi connectivity index (χ0n) is 11.2. The molecular weight excluding hydrogens is 274 g/mol. The number of carbonyl (C=O) groups is 1. The Morgan fingerprint density at radius 3 is 2.85 bits per heavy atom. The average Bonchev–Trinajstić information content (AvgIpc) is 2.87. The van der Waals surface area contributed by atoms with E-state index in [0.717, 1.165) is 24.9 Å². The van der Waals surface area contributed by atoms with Crippen molar-refractivity contribution in [2.75, 3.05) is 19.7 Å². The molecule has 6 heteroatoms. The third-order valence-corrected chi connectivity index (χ3v) is 3.70. The molecule has 2 rings (SSSR count). The van der Waals surface area contributed by atoms with Gasteiger partial charge in [-0.3, -0.25) is 9.69 Å². The highest BCUT2D eigenvalue weighted by Gasteiger charge is 2.28. The number of amides is 1. The molecule has 0 aromatic heterocycles. The molecule has 1 fully saturated rings. The van der Waals surface area contributed by atoms with Gasteiger partial charge in [-0.1, -0.05) is 24.4 Å². The summed E-state index contributed by atoms with van der Waals surface area (Å²) < 4.78 is 5.73. The van der Waals surface area contributed by atoms with Crippen LogP contribution in [0.5, 0.6) is 5.75 Å². The number of primary amides is 1. The van der Waals surface area contributed by atoms with E-state index in [9.17, 15) is 4.79 Å². The molecule has 1 atom stereocenters. The van der Waals surface area contributed by atoms with E-state index >= 15 is 0 Å². The van der Waals surface area contributed by atoms with Gasteiger partial charge in [0.1, 0.15) is 17.3 Å². The molecule has 1 aliphatic rings. The van der Waals surface area contributed by atoms with Crippen LogP contribution < -0.4 is 16.2 Å². The zero-order chi connectivity index (χ0) is 14.5. The Morgan fingerprint density at radius 1 is 1.40 bits per heavy atom. The summed E-state index contributed by atoms with van der Waals surface area (Å²) in [4.78, 5) is 13.7. The van der Waals surface area contributed by atoms with E-state index in [4.69, 9.17) is 28.4 Å². The molecular formula is C14H19N3O2S. The maximum Gasteiger partial charge on any atom is 0.234 e. The summed E-state index contributed by atoms with van der Waals surface area (Å²) >= 11 is 4.99. The highest BCUT2D eigenvalue weighted by atomic mass is 32.1. The van der Waals surface area contributed by atoms with Crippen LogP contribution in [0.1, 0.15) is 18.4 Å². The van der Waals surface area contributed by atoms with E-state index < -0.39 is 0 Å². The lowest BCUT2D eigenvalue weighted by Crippen LogP contribution is -2.42. The van der Waals surface area contributed by atoms with Gasteiger partial charge < -0.3 is 16.2 Å². The van der Waals surface area contributed by atoms with Crippen molar-refractivity contribution >= 4 is 23.1 Å². The summed E-state index contributed by atoms with van der Waals surface area (Å²) in [5, 5.41) is 0. The minimum absolute atomic E-state index is 0.163. The van der Waals surface area contributed by atoms with Gasteiger partial charge >= 0.3 is 0 Å². The largest absolute Gasteiger partial charge is 0.492 e. The average molecular weight is 293 g/mol. The van der Waals surface area contributed by atoms with Gasteiger partial charge in [0.25, 0.3) is 0 Å². The van der Waals surface area contributed by atoms with Gasteiger partial charge in [-0.25, -0.2) is 0 Å². The van der Waals surface area contributed by atoms with Crippen molar-refractivity contribution in [3.63, 3.8) is 0 Å². The molecule has 0 bridgehead atoms. The molecule has 1 aromatic rings. The molecule has 0 radical (unpaired) electrons. The Hall–Kier alpha value is -1.66. The third kappa shape index (κ3) is 3.46. The van der Waals surface area contributed by atoms with Crippen molar-refractivity contribution in [1.29, 1.82) is 0 Å². The number of nitrogens with two attached hydrogens (primary N) is 2. The van der Waals surface area contributed by atoms with E-state index in [-0.39, 0.29) is 11.9 Å². The van der Waals surface area contributed by atoms with Gasteiger partial charge in [0.05, 0.1) is 11.6 Å². The van der Waals surface area contributed by atoms with Gasteiger partial charge in [0, 0.05) is 6.54 Å². The normalized spacial score (nSPS) is 18.9. The second-order valence-corrected chi connectivity index (χ2v) is 5.25. The summed E-state index contributed by atoms with van der Waals surface area (Å²) in [7, 11) is 0. The van der Waals surface area contributed by atoms with Crippen LogP contribution in [0.15, 0.2) is 24.3 Å². The quantitative estimate of drug-likeness (QED) is 0.753. The van der Waals surface area contributed by atoms with Crippen LogP contribution in [-0.2, 0) is 4.79 Å². The monoisotopic (exact) mass is 293 g/mol. The number of nitrogens with zero attached hydrogens (tertiary/aromatic N) is 1. The lowest BCUT2D eigenvalue weighted by Gasteiger charge is -2.22. The second kappa shape index (κ2) is 6.67. The SMILES string of the molecule is NC(=O)C1CCCN1CCOc1ccccc1C(N)=S. The van der Waals surface area contributed by atoms with Crippen LogP contribution >= 0.6 is 12.2 Å². The number of hydrogen-bond donors (Lipinski definition) is 2. The van der Waals surface area contributed by atoms with Gasteiger partial charge in [-0.2, -0.15) is 0 Å². The molecule has 0 spiro atoms. The molecule has 1 amide bonds. The predicted molar refractivity (Wildman–Crippen MR) is 81.6 cm³/mol. The first kappa shape index (κ1) is 14.7. The molecule has 1 heterocycles. The number of thiocarbonyl (C=S) groups is 1. The first-order valence-corrected chi connectivity index (χ1v) is 7.05. The number of rotatable bonds is 6. The van der Waals surface area contributed by atoms with E-state index in [1.165, 1.54) is 0 Å². The van der Waals surface area contributed by atoms with Crippen molar-refractivity contribution in [2.24, 2.45) is 11.5 Å². The van der Waals surface area contributed by atoms with E-state index in [1.807, 2.05) is 24.3 Å². The molecule has 0 aliphatic carbocycles. The van der Waals surface area contributed by atoms with Crippen LogP contribution in [-0.4, -0.2) is 41.5 Å². The van der Waals surface area contributed by atoms with E-state index in [1.54, 1.807) is 0 Å². The Bertz CT molecular complexity index is 507. The topological polar surface area (TPSA) is 81.6 Å². The van der Waals surface area contributed by atoms with E-state index in [0.29, 0.717) is 23.9 Å². The first-order chi connectivity index (χ1) is 9.59. The number of hydrogen-bond acceptors (Lipinski definition) is 4. The maximum atomic E-state index is 11.3. The van der Waals surface area contributed by atoms with Crippen molar-refractivity contribution in [3.05, 3.63) is 29.8 Å². The minimum Gasteiger partial charge on any atom is -0.492 e. The number of carbonyl (C=O) groups excluding carboxylic acids is 1. The molecule has 1 saturated heterocycles. The fourth-order valence-electron chi connectivity index (χ4n) is 2.48. The van der Waals surface area contributed by atoms with Gasteiger partial charge in [0.15, 0.2) is 0 Å². The van der Waals surface area contributed by atoms with Crippen molar-refractivity contribution < 1.29 is 9.53 Å². The Kier molecular flexibility index (Phi) is 4.92. The van der Waals surface area contributed by atoms with Crippen LogP contribution in [0.25, 0.3) is 0 Å².